The Balaban J connectivity index is 4.54. The molecule has 2 amide bonds. The molecular formula is C9H16N2O7S. The van der Waals surface area contributed by atoms with Crippen LogP contribution in [0.25, 0.3) is 0 Å². The molecule has 0 aromatic heterocycles. The SMILES string of the molecule is C[C@@H](OS(C)(=O)=O)C(=O)N[C@@H](CCC(N)=O)C(=O)O. The van der Waals surface area contributed by atoms with Crippen LogP contribution in [0.15, 0.2) is 0 Å². The third-order valence-electron chi connectivity index (χ3n) is 1.98. The van der Waals surface area contributed by atoms with Gasteiger partial charge in [-0.25, -0.2) is 4.79 Å². The van der Waals surface area contributed by atoms with E-state index in [4.69, 9.17) is 10.8 Å². The standard InChI is InChI=1S/C9H16N2O7S/c1-5(18-19(2,16)17)8(13)11-6(9(14)15)3-4-7(10)12/h5-6H,3-4H2,1-2H3,(H2,10,12)(H,11,13)(H,14,15)/t5-,6+/m1/s1. The Labute approximate surface area is 110 Å². The predicted molar refractivity (Wildman–Crippen MR) is 63.4 cm³/mol. The van der Waals surface area contributed by atoms with Crippen LogP contribution >= 0.6 is 0 Å². The number of carbonyl (C=O) groups excluding carboxylic acids is 2. The number of rotatable bonds is 8. The van der Waals surface area contributed by atoms with E-state index in [2.05, 4.69) is 9.50 Å². The van der Waals surface area contributed by atoms with E-state index in [0.29, 0.717) is 0 Å². The summed E-state index contributed by atoms with van der Waals surface area (Å²) in [7, 11) is -3.83. The zero-order valence-corrected chi connectivity index (χ0v) is 11.3. The quantitative estimate of drug-likeness (QED) is 0.446. The van der Waals surface area contributed by atoms with Gasteiger partial charge in [-0.1, -0.05) is 0 Å². The van der Waals surface area contributed by atoms with Gasteiger partial charge in [0.05, 0.1) is 6.26 Å². The number of carboxylic acids is 1. The molecule has 0 saturated heterocycles. The Morgan fingerprint density at radius 1 is 1.37 bits per heavy atom. The summed E-state index contributed by atoms with van der Waals surface area (Å²) in [5.74, 6) is -2.98. The minimum Gasteiger partial charge on any atom is -0.480 e. The van der Waals surface area contributed by atoms with Crippen LogP contribution in [0, 0.1) is 0 Å². The van der Waals surface area contributed by atoms with E-state index in [9.17, 15) is 22.8 Å². The molecule has 19 heavy (non-hydrogen) atoms. The van der Waals surface area contributed by atoms with Crippen LogP contribution < -0.4 is 11.1 Å². The number of amides is 2. The van der Waals surface area contributed by atoms with E-state index < -0.39 is 40.0 Å². The Bertz CT molecular complexity index is 459. The molecule has 0 aliphatic heterocycles. The van der Waals surface area contributed by atoms with Gasteiger partial charge < -0.3 is 16.2 Å². The molecule has 10 heteroatoms. The van der Waals surface area contributed by atoms with Gasteiger partial charge >= 0.3 is 5.97 Å². The fourth-order valence-electron chi connectivity index (χ4n) is 1.14. The number of hydrogen-bond donors (Lipinski definition) is 3. The third kappa shape index (κ3) is 8.11. The summed E-state index contributed by atoms with van der Waals surface area (Å²) in [4.78, 5) is 32.9. The van der Waals surface area contributed by atoms with Gasteiger partial charge in [0.15, 0.2) is 6.10 Å². The average Bonchev–Trinajstić information content (AvgIpc) is 2.20. The smallest absolute Gasteiger partial charge is 0.326 e. The number of aliphatic carboxylic acids is 1. The lowest BCUT2D eigenvalue weighted by Crippen LogP contribution is -2.46. The van der Waals surface area contributed by atoms with Crippen molar-refractivity contribution in [2.75, 3.05) is 6.26 Å². The highest BCUT2D eigenvalue weighted by Gasteiger charge is 2.25. The Kier molecular flexibility index (Phi) is 6.42. The zero-order valence-electron chi connectivity index (χ0n) is 10.5. The molecule has 0 unspecified atom stereocenters. The second-order valence-corrected chi connectivity index (χ2v) is 5.45. The van der Waals surface area contributed by atoms with Crippen molar-refractivity contribution in [2.24, 2.45) is 5.73 Å². The highest BCUT2D eigenvalue weighted by atomic mass is 32.2. The van der Waals surface area contributed by atoms with E-state index >= 15 is 0 Å². The molecule has 0 spiro atoms. The first-order valence-corrected chi connectivity index (χ1v) is 7.04. The Hall–Kier alpha value is -1.68. The average molecular weight is 296 g/mol. The van der Waals surface area contributed by atoms with Gasteiger partial charge in [0.2, 0.25) is 5.91 Å². The molecule has 0 aromatic carbocycles. The van der Waals surface area contributed by atoms with Gasteiger partial charge in [0.25, 0.3) is 16.0 Å². The molecule has 9 nitrogen and oxygen atoms in total. The van der Waals surface area contributed by atoms with E-state index in [1.807, 2.05) is 0 Å². The molecular weight excluding hydrogens is 280 g/mol. The molecule has 0 saturated carbocycles. The van der Waals surface area contributed by atoms with Gasteiger partial charge in [-0.05, 0) is 13.3 Å². The molecule has 0 rings (SSSR count). The molecule has 2 atom stereocenters. The lowest BCUT2D eigenvalue weighted by Gasteiger charge is -2.16. The fraction of sp³-hybridized carbons (Fsp3) is 0.667. The number of carboxylic acid groups (broad SMARTS) is 1. The summed E-state index contributed by atoms with van der Waals surface area (Å²) in [6.45, 7) is 1.16. The lowest BCUT2D eigenvalue weighted by molar-refractivity contribution is -0.143. The minimum absolute atomic E-state index is 0.192. The van der Waals surface area contributed by atoms with Gasteiger partial charge in [-0.3, -0.25) is 13.8 Å². The summed E-state index contributed by atoms with van der Waals surface area (Å²) in [6, 6.07) is -1.34. The lowest BCUT2D eigenvalue weighted by atomic mass is 10.1. The second kappa shape index (κ2) is 7.04. The number of hydrogen-bond acceptors (Lipinski definition) is 6. The van der Waals surface area contributed by atoms with Crippen molar-refractivity contribution in [1.82, 2.24) is 5.32 Å². The van der Waals surface area contributed by atoms with Crippen molar-refractivity contribution in [3.63, 3.8) is 0 Å². The Morgan fingerprint density at radius 3 is 2.26 bits per heavy atom. The van der Waals surface area contributed by atoms with Crippen LogP contribution in [-0.4, -0.2) is 49.7 Å². The monoisotopic (exact) mass is 296 g/mol. The van der Waals surface area contributed by atoms with Crippen LogP contribution in [0.4, 0.5) is 0 Å². The minimum atomic E-state index is -3.83. The summed E-state index contributed by atoms with van der Waals surface area (Å²) in [5.41, 5.74) is 4.87. The fourth-order valence-corrected chi connectivity index (χ4v) is 1.75. The van der Waals surface area contributed by atoms with Crippen molar-refractivity contribution < 1.29 is 32.1 Å². The molecule has 0 fully saturated rings. The van der Waals surface area contributed by atoms with Crippen LogP contribution in [0.3, 0.4) is 0 Å². The second-order valence-electron chi connectivity index (χ2n) is 3.85. The summed E-state index contributed by atoms with van der Waals surface area (Å²) in [5, 5.41) is 10.9. The molecule has 0 aliphatic rings. The first-order valence-electron chi connectivity index (χ1n) is 5.22. The number of primary amides is 1. The highest BCUT2D eigenvalue weighted by Crippen LogP contribution is 2.01. The highest BCUT2D eigenvalue weighted by molar-refractivity contribution is 7.86. The van der Waals surface area contributed by atoms with Gasteiger partial charge in [-0.2, -0.15) is 8.42 Å². The number of carbonyl (C=O) groups is 3. The topological polar surface area (TPSA) is 153 Å². The van der Waals surface area contributed by atoms with Crippen LogP contribution in [0.2, 0.25) is 0 Å². The Morgan fingerprint density at radius 2 is 1.89 bits per heavy atom. The first kappa shape index (κ1) is 17.3. The van der Waals surface area contributed by atoms with Gasteiger partial charge in [0.1, 0.15) is 6.04 Å². The summed E-state index contributed by atoms with van der Waals surface area (Å²) >= 11 is 0. The molecule has 0 heterocycles. The predicted octanol–water partition coefficient (Wildman–Crippen LogP) is -1.81. The van der Waals surface area contributed by atoms with Gasteiger partial charge in [0, 0.05) is 6.42 Å². The van der Waals surface area contributed by atoms with Crippen LogP contribution in [-0.2, 0) is 28.7 Å². The third-order valence-corrected chi connectivity index (χ3v) is 2.62. The maximum atomic E-state index is 11.5. The number of nitrogens with two attached hydrogens (primary N) is 1. The number of nitrogens with one attached hydrogen (secondary N) is 1. The van der Waals surface area contributed by atoms with E-state index in [-0.39, 0.29) is 12.8 Å². The van der Waals surface area contributed by atoms with Gasteiger partial charge in [-0.15, -0.1) is 0 Å². The van der Waals surface area contributed by atoms with Crippen molar-refractivity contribution in [3.8, 4) is 0 Å². The van der Waals surface area contributed by atoms with Crippen LogP contribution in [0.5, 0.6) is 0 Å². The van der Waals surface area contributed by atoms with Crippen molar-refractivity contribution in [3.05, 3.63) is 0 Å². The molecule has 0 aliphatic carbocycles. The normalized spacial score (nSPS) is 14.4. The zero-order chi connectivity index (χ0) is 15.2. The van der Waals surface area contributed by atoms with Crippen molar-refractivity contribution in [1.29, 1.82) is 0 Å². The molecule has 0 radical (unpaired) electrons. The maximum Gasteiger partial charge on any atom is 0.326 e. The van der Waals surface area contributed by atoms with E-state index in [1.165, 1.54) is 0 Å². The molecule has 0 bridgehead atoms. The first-order chi connectivity index (χ1) is 8.53. The summed E-state index contributed by atoms with van der Waals surface area (Å²) in [6.07, 6.45) is -1.02. The summed E-state index contributed by atoms with van der Waals surface area (Å²) < 4.78 is 26.0. The molecule has 0 aromatic rings. The van der Waals surface area contributed by atoms with Crippen molar-refractivity contribution in [2.45, 2.75) is 31.9 Å². The maximum absolute atomic E-state index is 11.5. The van der Waals surface area contributed by atoms with Crippen LogP contribution in [0.1, 0.15) is 19.8 Å². The molecule has 4 N–H and O–H groups in total. The van der Waals surface area contributed by atoms with E-state index in [0.717, 1.165) is 13.2 Å². The van der Waals surface area contributed by atoms with E-state index in [1.54, 1.807) is 0 Å². The largest absolute Gasteiger partial charge is 0.480 e. The van der Waals surface area contributed by atoms with Crippen molar-refractivity contribution >= 4 is 27.9 Å². The molecule has 110 valence electrons.